The summed E-state index contributed by atoms with van der Waals surface area (Å²) < 4.78 is 0.704. The van der Waals surface area contributed by atoms with Crippen LogP contribution in [0.15, 0.2) is 53.0 Å². The molecule has 0 bridgehead atoms. The zero-order valence-electron chi connectivity index (χ0n) is 11.8. The van der Waals surface area contributed by atoms with Crippen LogP contribution in [0.5, 0.6) is 0 Å². The van der Waals surface area contributed by atoms with Gasteiger partial charge in [0.2, 0.25) is 0 Å². The van der Waals surface area contributed by atoms with Gasteiger partial charge in [-0.3, -0.25) is 10.1 Å². The van der Waals surface area contributed by atoms with E-state index in [9.17, 15) is 10.1 Å². The topological polar surface area (TPSA) is 55.2 Å². The first kappa shape index (κ1) is 15.5. The summed E-state index contributed by atoms with van der Waals surface area (Å²) in [5.41, 5.74) is 1.87. The van der Waals surface area contributed by atoms with Crippen LogP contribution in [0.4, 0.5) is 11.4 Å². The van der Waals surface area contributed by atoms with Crippen molar-refractivity contribution < 1.29 is 4.92 Å². The number of rotatable bonds is 6. The van der Waals surface area contributed by atoms with E-state index in [4.69, 9.17) is 0 Å². The largest absolute Gasteiger partial charge is 0.376 e. The highest BCUT2D eigenvalue weighted by Gasteiger charge is 2.17. The van der Waals surface area contributed by atoms with Gasteiger partial charge in [-0.15, -0.1) is 0 Å². The molecule has 0 aromatic heterocycles. The van der Waals surface area contributed by atoms with Crippen LogP contribution in [0, 0.1) is 10.1 Å². The molecule has 0 saturated carbocycles. The van der Waals surface area contributed by atoms with Gasteiger partial charge in [0.15, 0.2) is 0 Å². The molecule has 0 radical (unpaired) electrons. The number of nitrogens with one attached hydrogen (secondary N) is 1. The van der Waals surface area contributed by atoms with E-state index in [1.54, 1.807) is 6.07 Å². The molecule has 0 heterocycles. The van der Waals surface area contributed by atoms with Crippen molar-refractivity contribution in [2.45, 2.75) is 25.8 Å². The van der Waals surface area contributed by atoms with Crippen LogP contribution in [-0.4, -0.2) is 11.0 Å². The second kappa shape index (κ2) is 7.22. The number of benzene rings is 2. The van der Waals surface area contributed by atoms with E-state index in [1.165, 1.54) is 11.6 Å². The van der Waals surface area contributed by atoms with Gasteiger partial charge >= 0.3 is 0 Å². The van der Waals surface area contributed by atoms with Crippen molar-refractivity contribution in [2.24, 2.45) is 0 Å². The molecule has 5 heteroatoms. The average molecular weight is 349 g/mol. The summed E-state index contributed by atoms with van der Waals surface area (Å²) in [6.45, 7) is 2.07. The maximum absolute atomic E-state index is 11.1. The van der Waals surface area contributed by atoms with Gasteiger partial charge in [-0.1, -0.05) is 53.2 Å². The summed E-state index contributed by atoms with van der Waals surface area (Å²) in [5, 5.41) is 14.4. The quantitative estimate of drug-likeness (QED) is 0.603. The Balaban J connectivity index is 2.17. The van der Waals surface area contributed by atoms with Crippen molar-refractivity contribution >= 4 is 27.3 Å². The van der Waals surface area contributed by atoms with E-state index >= 15 is 0 Å². The maximum Gasteiger partial charge on any atom is 0.293 e. The van der Waals surface area contributed by atoms with Gasteiger partial charge in [-0.25, -0.2) is 0 Å². The second-order valence-corrected chi connectivity index (χ2v) is 5.77. The van der Waals surface area contributed by atoms with Gasteiger partial charge < -0.3 is 5.32 Å². The predicted molar refractivity (Wildman–Crippen MR) is 88.6 cm³/mol. The van der Waals surface area contributed by atoms with Crippen LogP contribution in [0.25, 0.3) is 0 Å². The van der Waals surface area contributed by atoms with Gasteiger partial charge in [-0.05, 0) is 30.5 Å². The van der Waals surface area contributed by atoms with Crippen molar-refractivity contribution in [1.82, 2.24) is 0 Å². The molecule has 0 aliphatic carbocycles. The minimum atomic E-state index is -0.359. The van der Waals surface area contributed by atoms with Gasteiger partial charge in [-0.2, -0.15) is 0 Å². The summed E-state index contributed by atoms with van der Waals surface area (Å²) in [6.07, 6.45) is 1.73. The lowest BCUT2D eigenvalue weighted by Gasteiger charge is -2.18. The Morgan fingerprint density at radius 3 is 2.57 bits per heavy atom. The van der Waals surface area contributed by atoms with Crippen LogP contribution in [-0.2, 0) is 6.42 Å². The lowest BCUT2D eigenvalue weighted by molar-refractivity contribution is -0.384. The Bertz CT molecular complexity index is 617. The molecule has 1 unspecified atom stereocenters. The molecule has 21 heavy (non-hydrogen) atoms. The fourth-order valence-electron chi connectivity index (χ4n) is 2.19. The van der Waals surface area contributed by atoms with Crippen LogP contribution in [0.1, 0.15) is 18.9 Å². The van der Waals surface area contributed by atoms with Crippen molar-refractivity contribution in [3.63, 3.8) is 0 Å². The molecule has 2 aromatic rings. The van der Waals surface area contributed by atoms with Gasteiger partial charge in [0.1, 0.15) is 5.69 Å². The van der Waals surface area contributed by atoms with Crippen LogP contribution >= 0.6 is 15.9 Å². The van der Waals surface area contributed by atoms with Crippen molar-refractivity contribution in [2.75, 3.05) is 5.32 Å². The number of nitro benzene ring substituents is 1. The molecular formula is C16H17BrN2O2. The van der Waals surface area contributed by atoms with Crippen LogP contribution < -0.4 is 5.32 Å². The van der Waals surface area contributed by atoms with Crippen molar-refractivity contribution in [3.05, 3.63) is 68.7 Å². The normalized spacial score (nSPS) is 11.9. The Morgan fingerprint density at radius 1 is 1.24 bits per heavy atom. The Labute approximate surface area is 132 Å². The van der Waals surface area contributed by atoms with Gasteiger partial charge in [0.25, 0.3) is 5.69 Å². The Morgan fingerprint density at radius 2 is 1.95 bits per heavy atom. The molecule has 1 N–H and O–H groups in total. The fourth-order valence-corrected chi connectivity index (χ4v) is 2.54. The number of nitrogens with zero attached hydrogens (tertiary/aromatic N) is 1. The summed E-state index contributed by atoms with van der Waals surface area (Å²) in [6, 6.07) is 15.4. The van der Waals surface area contributed by atoms with E-state index < -0.39 is 0 Å². The zero-order valence-corrected chi connectivity index (χ0v) is 13.3. The van der Waals surface area contributed by atoms with Gasteiger partial charge in [0, 0.05) is 16.6 Å². The summed E-state index contributed by atoms with van der Waals surface area (Å²) in [5.74, 6) is 0. The van der Waals surface area contributed by atoms with E-state index in [-0.39, 0.29) is 16.7 Å². The molecule has 0 fully saturated rings. The third kappa shape index (κ3) is 4.29. The van der Waals surface area contributed by atoms with E-state index in [0.29, 0.717) is 10.2 Å². The number of hydrogen-bond acceptors (Lipinski definition) is 3. The molecule has 110 valence electrons. The minimum absolute atomic E-state index is 0.0934. The van der Waals surface area contributed by atoms with Crippen LogP contribution in [0.3, 0.4) is 0 Å². The molecule has 4 nitrogen and oxygen atoms in total. The first-order valence-corrected chi connectivity index (χ1v) is 7.64. The van der Waals surface area contributed by atoms with E-state index in [2.05, 4.69) is 40.3 Å². The molecule has 0 saturated heterocycles. The fraction of sp³-hybridized carbons (Fsp3) is 0.250. The minimum Gasteiger partial charge on any atom is -0.376 e. The van der Waals surface area contributed by atoms with Crippen molar-refractivity contribution in [3.8, 4) is 0 Å². The van der Waals surface area contributed by atoms with Crippen LogP contribution in [0.2, 0.25) is 0 Å². The Kier molecular flexibility index (Phi) is 5.33. The number of anilines is 1. The Hall–Kier alpha value is -1.88. The average Bonchev–Trinajstić information content (AvgIpc) is 2.49. The molecule has 0 spiro atoms. The highest BCUT2D eigenvalue weighted by Crippen LogP contribution is 2.29. The molecular weight excluding hydrogens is 332 g/mol. The summed E-state index contributed by atoms with van der Waals surface area (Å²) in [4.78, 5) is 10.8. The third-order valence-electron chi connectivity index (χ3n) is 3.33. The molecule has 0 aliphatic heterocycles. The molecule has 2 aromatic carbocycles. The SMILES string of the molecule is CCC(Cc1ccccc1)Nc1ccc(Br)cc1[N+](=O)[O-]. The maximum atomic E-state index is 11.1. The third-order valence-corrected chi connectivity index (χ3v) is 3.83. The number of halogens is 1. The van der Waals surface area contributed by atoms with E-state index in [0.717, 1.165) is 12.8 Å². The first-order valence-electron chi connectivity index (χ1n) is 6.84. The number of nitro groups is 1. The second-order valence-electron chi connectivity index (χ2n) is 4.86. The molecule has 0 amide bonds. The van der Waals surface area contributed by atoms with Gasteiger partial charge in [0.05, 0.1) is 4.92 Å². The summed E-state index contributed by atoms with van der Waals surface area (Å²) >= 11 is 3.27. The first-order chi connectivity index (χ1) is 10.1. The standard InChI is InChI=1S/C16H17BrN2O2/c1-2-14(10-12-6-4-3-5-7-12)18-15-9-8-13(17)11-16(15)19(20)21/h3-9,11,14,18H,2,10H2,1H3. The smallest absolute Gasteiger partial charge is 0.293 e. The number of hydrogen-bond donors (Lipinski definition) is 1. The lowest BCUT2D eigenvalue weighted by Crippen LogP contribution is -2.21. The zero-order chi connectivity index (χ0) is 15.2. The lowest BCUT2D eigenvalue weighted by atomic mass is 10.0. The highest BCUT2D eigenvalue weighted by atomic mass is 79.9. The molecule has 0 aliphatic rings. The predicted octanol–water partition coefficient (Wildman–Crippen LogP) is 4.79. The van der Waals surface area contributed by atoms with E-state index in [1.807, 2.05) is 24.3 Å². The van der Waals surface area contributed by atoms with Crippen molar-refractivity contribution in [1.29, 1.82) is 0 Å². The highest BCUT2D eigenvalue weighted by molar-refractivity contribution is 9.10. The molecule has 1 atom stereocenters. The molecule has 2 rings (SSSR count). The summed E-state index contributed by atoms with van der Waals surface area (Å²) in [7, 11) is 0. The monoisotopic (exact) mass is 348 g/mol.